The number of nitrogens with zero attached hydrogens (tertiary/aromatic N) is 1. The Hall–Kier alpha value is -1.27. The number of rotatable bonds is 4. The second kappa shape index (κ2) is 8.90. The SMILES string of the molecule is CC(Cc1cccc(C(F)(F)F)c1)C(=O)N1CCCC(C(C)N)C1.Cl. The van der Waals surface area contributed by atoms with Crippen molar-refractivity contribution in [2.24, 2.45) is 17.6 Å². The minimum atomic E-state index is -4.36. The average molecular weight is 379 g/mol. The highest BCUT2D eigenvalue weighted by atomic mass is 35.5. The van der Waals surface area contributed by atoms with Gasteiger partial charge in [-0.2, -0.15) is 13.2 Å². The van der Waals surface area contributed by atoms with Crippen molar-refractivity contribution in [1.29, 1.82) is 0 Å². The molecule has 2 rings (SSSR count). The number of halogens is 4. The normalized spacial score (nSPS) is 20.6. The fourth-order valence-corrected chi connectivity index (χ4v) is 3.27. The Balaban J connectivity index is 0.00000312. The van der Waals surface area contributed by atoms with Gasteiger partial charge in [0.25, 0.3) is 0 Å². The maximum absolute atomic E-state index is 12.8. The largest absolute Gasteiger partial charge is 0.416 e. The number of nitrogens with two attached hydrogens (primary N) is 1. The van der Waals surface area contributed by atoms with Crippen LogP contribution in [0.2, 0.25) is 0 Å². The highest BCUT2D eigenvalue weighted by Crippen LogP contribution is 2.30. The zero-order chi connectivity index (χ0) is 17.9. The van der Waals surface area contributed by atoms with Gasteiger partial charge in [-0.3, -0.25) is 4.79 Å². The molecule has 3 unspecified atom stereocenters. The Morgan fingerprint density at radius 3 is 2.64 bits per heavy atom. The van der Waals surface area contributed by atoms with Gasteiger partial charge >= 0.3 is 6.18 Å². The Kier molecular flexibility index (Phi) is 7.75. The molecule has 0 spiro atoms. The standard InChI is InChI=1S/C18H25F3N2O.ClH/c1-12(9-14-5-3-7-16(10-14)18(19,20)21)17(24)23-8-4-6-15(11-23)13(2)22;/h3,5,7,10,12-13,15H,4,6,8-9,11,22H2,1-2H3;1H. The molecule has 1 aliphatic heterocycles. The van der Waals surface area contributed by atoms with Crippen LogP contribution in [0.25, 0.3) is 0 Å². The van der Waals surface area contributed by atoms with E-state index in [9.17, 15) is 18.0 Å². The molecule has 1 aliphatic rings. The fourth-order valence-electron chi connectivity index (χ4n) is 3.27. The predicted molar refractivity (Wildman–Crippen MR) is 94.5 cm³/mol. The van der Waals surface area contributed by atoms with Crippen LogP contribution in [0.1, 0.15) is 37.8 Å². The van der Waals surface area contributed by atoms with Crippen LogP contribution >= 0.6 is 12.4 Å². The monoisotopic (exact) mass is 378 g/mol. The minimum Gasteiger partial charge on any atom is -0.342 e. The first-order valence-electron chi connectivity index (χ1n) is 8.39. The van der Waals surface area contributed by atoms with Crippen molar-refractivity contribution >= 4 is 18.3 Å². The van der Waals surface area contributed by atoms with E-state index in [1.807, 2.05) is 11.8 Å². The molecule has 0 saturated carbocycles. The van der Waals surface area contributed by atoms with Crippen LogP contribution in [0.15, 0.2) is 24.3 Å². The lowest BCUT2D eigenvalue weighted by atomic mass is 9.90. The molecule has 3 atom stereocenters. The third-order valence-corrected chi connectivity index (χ3v) is 4.73. The number of carbonyl (C=O) groups is 1. The molecule has 1 amide bonds. The van der Waals surface area contributed by atoms with Gasteiger partial charge < -0.3 is 10.6 Å². The van der Waals surface area contributed by atoms with Gasteiger partial charge in [0.05, 0.1) is 5.56 Å². The molecule has 1 fully saturated rings. The summed E-state index contributed by atoms with van der Waals surface area (Å²) in [6.45, 7) is 5.07. The van der Waals surface area contributed by atoms with Crippen molar-refractivity contribution in [3.63, 3.8) is 0 Å². The molecular formula is C18H26ClF3N2O. The van der Waals surface area contributed by atoms with Crippen molar-refractivity contribution in [1.82, 2.24) is 4.90 Å². The molecule has 1 aromatic carbocycles. The van der Waals surface area contributed by atoms with Gasteiger partial charge in [-0.25, -0.2) is 0 Å². The quantitative estimate of drug-likeness (QED) is 0.863. The lowest BCUT2D eigenvalue weighted by Gasteiger charge is -2.36. The number of alkyl halides is 3. The van der Waals surface area contributed by atoms with E-state index in [-0.39, 0.29) is 30.3 Å². The Morgan fingerprint density at radius 1 is 1.36 bits per heavy atom. The molecule has 1 aromatic rings. The molecule has 0 aliphatic carbocycles. The van der Waals surface area contributed by atoms with Crippen molar-refractivity contribution in [3.8, 4) is 0 Å². The van der Waals surface area contributed by atoms with Crippen LogP contribution in [-0.4, -0.2) is 29.9 Å². The highest BCUT2D eigenvalue weighted by molar-refractivity contribution is 5.85. The van der Waals surface area contributed by atoms with E-state index in [1.165, 1.54) is 6.07 Å². The summed E-state index contributed by atoms with van der Waals surface area (Å²) in [6, 6.07) is 5.25. The molecule has 3 nitrogen and oxygen atoms in total. The second-order valence-corrected chi connectivity index (χ2v) is 6.85. The van der Waals surface area contributed by atoms with Crippen molar-refractivity contribution in [2.45, 2.75) is 45.3 Å². The summed E-state index contributed by atoms with van der Waals surface area (Å²) >= 11 is 0. The average Bonchev–Trinajstić information content (AvgIpc) is 2.53. The maximum Gasteiger partial charge on any atom is 0.416 e. The lowest BCUT2D eigenvalue weighted by molar-refractivity contribution is -0.137. The van der Waals surface area contributed by atoms with E-state index >= 15 is 0 Å². The Bertz CT molecular complexity index is 578. The van der Waals surface area contributed by atoms with Crippen molar-refractivity contribution in [2.75, 3.05) is 13.1 Å². The molecule has 1 saturated heterocycles. The second-order valence-electron chi connectivity index (χ2n) is 6.85. The molecule has 142 valence electrons. The fraction of sp³-hybridized carbons (Fsp3) is 0.611. The van der Waals surface area contributed by atoms with Crippen molar-refractivity contribution < 1.29 is 18.0 Å². The summed E-state index contributed by atoms with van der Waals surface area (Å²) in [7, 11) is 0. The lowest BCUT2D eigenvalue weighted by Crippen LogP contribution is -2.46. The summed E-state index contributed by atoms with van der Waals surface area (Å²) in [5, 5.41) is 0. The Morgan fingerprint density at radius 2 is 2.04 bits per heavy atom. The number of piperidine rings is 1. The molecule has 0 aromatic heterocycles. The first kappa shape index (κ1) is 21.8. The van der Waals surface area contributed by atoms with Crippen LogP contribution < -0.4 is 5.73 Å². The topological polar surface area (TPSA) is 46.3 Å². The van der Waals surface area contributed by atoms with Crippen LogP contribution in [0, 0.1) is 11.8 Å². The van der Waals surface area contributed by atoms with E-state index in [4.69, 9.17) is 5.73 Å². The molecule has 1 heterocycles. The Labute approximate surface area is 153 Å². The summed E-state index contributed by atoms with van der Waals surface area (Å²) < 4.78 is 38.4. The molecular weight excluding hydrogens is 353 g/mol. The molecule has 0 radical (unpaired) electrons. The molecule has 2 N–H and O–H groups in total. The number of benzene rings is 1. The van der Waals surface area contributed by atoms with Crippen molar-refractivity contribution in [3.05, 3.63) is 35.4 Å². The van der Waals surface area contributed by atoms with Gasteiger partial charge in [0.2, 0.25) is 5.91 Å². The summed E-state index contributed by atoms with van der Waals surface area (Å²) in [4.78, 5) is 14.4. The van der Waals surface area contributed by atoms with Gasteiger partial charge in [0.1, 0.15) is 0 Å². The number of hydrogen-bond donors (Lipinski definition) is 1. The first-order chi connectivity index (χ1) is 11.2. The number of likely N-dealkylation sites (tertiary alicyclic amines) is 1. The maximum atomic E-state index is 12.8. The smallest absolute Gasteiger partial charge is 0.342 e. The van der Waals surface area contributed by atoms with Gasteiger partial charge in [-0.05, 0) is 43.7 Å². The number of hydrogen-bond acceptors (Lipinski definition) is 2. The highest BCUT2D eigenvalue weighted by Gasteiger charge is 2.31. The summed E-state index contributed by atoms with van der Waals surface area (Å²) in [5.41, 5.74) is 5.80. The van der Waals surface area contributed by atoms with Gasteiger partial charge in [-0.15, -0.1) is 12.4 Å². The number of amides is 1. The van der Waals surface area contributed by atoms with E-state index in [2.05, 4.69) is 0 Å². The molecule has 25 heavy (non-hydrogen) atoms. The van der Waals surface area contributed by atoms with E-state index in [0.29, 0.717) is 31.0 Å². The van der Waals surface area contributed by atoms with Crippen LogP contribution in [0.3, 0.4) is 0 Å². The molecule has 0 bridgehead atoms. The van der Waals surface area contributed by atoms with Gasteiger partial charge in [0.15, 0.2) is 0 Å². The zero-order valence-electron chi connectivity index (χ0n) is 14.6. The van der Waals surface area contributed by atoms with Gasteiger partial charge in [0, 0.05) is 25.0 Å². The predicted octanol–water partition coefficient (Wildman–Crippen LogP) is 3.89. The van der Waals surface area contributed by atoms with Crippen LogP contribution in [0.5, 0.6) is 0 Å². The van der Waals surface area contributed by atoms with E-state index in [0.717, 1.165) is 25.0 Å². The summed E-state index contributed by atoms with van der Waals surface area (Å²) in [5.74, 6) is -0.0541. The zero-order valence-corrected chi connectivity index (χ0v) is 15.4. The van der Waals surface area contributed by atoms with E-state index < -0.39 is 11.7 Å². The first-order valence-corrected chi connectivity index (χ1v) is 8.39. The number of carbonyl (C=O) groups excluding carboxylic acids is 1. The van der Waals surface area contributed by atoms with Crippen LogP contribution in [0.4, 0.5) is 13.2 Å². The van der Waals surface area contributed by atoms with Crippen LogP contribution in [-0.2, 0) is 17.4 Å². The minimum absolute atomic E-state index is 0. The molecule has 7 heteroatoms. The third kappa shape index (κ3) is 5.89. The third-order valence-electron chi connectivity index (χ3n) is 4.73. The van der Waals surface area contributed by atoms with E-state index in [1.54, 1.807) is 13.0 Å². The van der Waals surface area contributed by atoms with Gasteiger partial charge in [-0.1, -0.05) is 25.1 Å². The summed E-state index contributed by atoms with van der Waals surface area (Å²) in [6.07, 6.45) is -2.11.